The van der Waals surface area contributed by atoms with Gasteiger partial charge in [-0.3, -0.25) is 4.90 Å². The summed E-state index contributed by atoms with van der Waals surface area (Å²) >= 11 is 0. The first-order valence-electron chi connectivity index (χ1n) is 8.84. The maximum atomic E-state index is 3.83. The van der Waals surface area contributed by atoms with Gasteiger partial charge in [0.1, 0.15) is 0 Å². The van der Waals surface area contributed by atoms with Gasteiger partial charge in [-0.1, -0.05) is 25.7 Å². The van der Waals surface area contributed by atoms with Gasteiger partial charge in [-0.15, -0.1) is 0 Å². The highest BCUT2D eigenvalue weighted by molar-refractivity contribution is 4.90. The van der Waals surface area contributed by atoms with Crippen LogP contribution in [-0.2, 0) is 0 Å². The number of nitrogens with zero attached hydrogens (tertiary/aromatic N) is 1. The van der Waals surface area contributed by atoms with Crippen LogP contribution >= 0.6 is 0 Å². The highest BCUT2D eigenvalue weighted by Crippen LogP contribution is 2.36. The van der Waals surface area contributed by atoms with Crippen LogP contribution in [-0.4, -0.2) is 36.1 Å². The highest BCUT2D eigenvalue weighted by atomic mass is 15.2. The number of rotatable bonds is 4. The SMILES string of the molecule is CC(CNC1CCCC1)N1CCC[C@H]2CCCC[C@H]21. The van der Waals surface area contributed by atoms with E-state index < -0.39 is 0 Å². The molecule has 0 aromatic carbocycles. The number of piperidine rings is 1. The lowest BCUT2D eigenvalue weighted by Crippen LogP contribution is -2.53. The molecule has 3 fully saturated rings. The molecule has 2 nitrogen and oxygen atoms in total. The van der Waals surface area contributed by atoms with Gasteiger partial charge in [0.25, 0.3) is 0 Å². The van der Waals surface area contributed by atoms with Crippen LogP contribution in [0.4, 0.5) is 0 Å². The maximum absolute atomic E-state index is 3.83. The van der Waals surface area contributed by atoms with Crippen molar-refractivity contribution in [3.8, 4) is 0 Å². The van der Waals surface area contributed by atoms with Gasteiger partial charge in [-0.05, 0) is 57.9 Å². The molecule has 2 aliphatic carbocycles. The van der Waals surface area contributed by atoms with Crippen LogP contribution in [0.2, 0.25) is 0 Å². The van der Waals surface area contributed by atoms with E-state index >= 15 is 0 Å². The molecule has 2 heteroatoms. The first-order valence-corrected chi connectivity index (χ1v) is 8.84. The molecule has 0 radical (unpaired) electrons. The van der Waals surface area contributed by atoms with Crippen molar-refractivity contribution >= 4 is 0 Å². The molecule has 3 aliphatic rings. The number of nitrogens with one attached hydrogen (secondary N) is 1. The zero-order chi connectivity index (χ0) is 13.1. The van der Waals surface area contributed by atoms with Crippen molar-refractivity contribution in [2.75, 3.05) is 13.1 Å². The van der Waals surface area contributed by atoms with Crippen molar-refractivity contribution < 1.29 is 0 Å². The second-order valence-electron chi connectivity index (χ2n) is 7.23. The van der Waals surface area contributed by atoms with E-state index in [1.165, 1.54) is 77.3 Å². The molecule has 3 rings (SSSR count). The topological polar surface area (TPSA) is 15.3 Å². The molecule has 19 heavy (non-hydrogen) atoms. The molecule has 1 unspecified atom stereocenters. The van der Waals surface area contributed by atoms with Gasteiger partial charge in [0.15, 0.2) is 0 Å². The first kappa shape index (κ1) is 13.9. The van der Waals surface area contributed by atoms with Crippen LogP contribution in [0.5, 0.6) is 0 Å². The van der Waals surface area contributed by atoms with Crippen molar-refractivity contribution in [3.63, 3.8) is 0 Å². The van der Waals surface area contributed by atoms with E-state index in [0.29, 0.717) is 0 Å². The van der Waals surface area contributed by atoms with Crippen LogP contribution < -0.4 is 5.32 Å². The van der Waals surface area contributed by atoms with E-state index in [4.69, 9.17) is 0 Å². The van der Waals surface area contributed by atoms with Gasteiger partial charge in [-0.25, -0.2) is 0 Å². The fraction of sp³-hybridized carbons (Fsp3) is 1.00. The van der Waals surface area contributed by atoms with Gasteiger partial charge >= 0.3 is 0 Å². The molecule has 0 bridgehead atoms. The monoisotopic (exact) mass is 264 g/mol. The Morgan fingerprint density at radius 2 is 1.63 bits per heavy atom. The average molecular weight is 264 g/mol. The van der Waals surface area contributed by atoms with E-state index in [2.05, 4.69) is 17.1 Å². The molecule has 1 aliphatic heterocycles. The number of likely N-dealkylation sites (tertiary alicyclic amines) is 1. The molecule has 0 amide bonds. The minimum atomic E-state index is 0.742. The Morgan fingerprint density at radius 1 is 0.947 bits per heavy atom. The Labute approximate surface area is 119 Å². The third-order valence-corrected chi connectivity index (χ3v) is 5.91. The summed E-state index contributed by atoms with van der Waals surface area (Å²) in [5.41, 5.74) is 0. The Kier molecular flexibility index (Phi) is 4.81. The van der Waals surface area contributed by atoms with Crippen LogP contribution in [0.3, 0.4) is 0 Å². The predicted octanol–water partition coefficient (Wildman–Crippen LogP) is 3.56. The zero-order valence-electron chi connectivity index (χ0n) is 12.7. The summed E-state index contributed by atoms with van der Waals surface area (Å²) in [6, 6.07) is 2.49. The van der Waals surface area contributed by atoms with E-state index in [1.54, 1.807) is 0 Å². The molecule has 0 aromatic heterocycles. The van der Waals surface area contributed by atoms with E-state index in [-0.39, 0.29) is 0 Å². The van der Waals surface area contributed by atoms with Crippen molar-refractivity contribution in [3.05, 3.63) is 0 Å². The summed E-state index contributed by atoms with van der Waals surface area (Å²) in [5, 5.41) is 3.83. The third-order valence-electron chi connectivity index (χ3n) is 5.91. The third kappa shape index (κ3) is 3.33. The molecular formula is C17H32N2. The lowest BCUT2D eigenvalue weighted by molar-refractivity contribution is 0.0307. The Hall–Kier alpha value is -0.0800. The molecule has 0 spiro atoms. The fourth-order valence-corrected chi connectivity index (χ4v) is 4.79. The zero-order valence-corrected chi connectivity index (χ0v) is 12.7. The molecule has 1 N–H and O–H groups in total. The van der Waals surface area contributed by atoms with Crippen LogP contribution in [0, 0.1) is 5.92 Å². The normalized spacial score (nSPS) is 35.2. The quantitative estimate of drug-likeness (QED) is 0.835. The van der Waals surface area contributed by atoms with Crippen molar-refractivity contribution in [2.45, 2.75) is 89.3 Å². The summed E-state index contributed by atoms with van der Waals surface area (Å²) in [4.78, 5) is 2.86. The smallest absolute Gasteiger partial charge is 0.0195 e. The van der Waals surface area contributed by atoms with Gasteiger partial charge < -0.3 is 5.32 Å². The largest absolute Gasteiger partial charge is 0.312 e. The molecule has 1 saturated heterocycles. The second kappa shape index (κ2) is 6.58. The summed E-state index contributed by atoms with van der Waals surface area (Å²) < 4.78 is 0. The lowest BCUT2D eigenvalue weighted by Gasteiger charge is -2.47. The average Bonchev–Trinajstić information content (AvgIpc) is 2.97. The fourth-order valence-electron chi connectivity index (χ4n) is 4.79. The van der Waals surface area contributed by atoms with E-state index in [9.17, 15) is 0 Å². The minimum absolute atomic E-state index is 0.742. The van der Waals surface area contributed by atoms with Crippen molar-refractivity contribution in [1.29, 1.82) is 0 Å². The summed E-state index contributed by atoms with van der Waals surface area (Å²) in [7, 11) is 0. The molecule has 0 aromatic rings. The Balaban J connectivity index is 1.50. The Bertz CT molecular complexity index is 270. The van der Waals surface area contributed by atoms with Gasteiger partial charge in [0, 0.05) is 24.7 Å². The Morgan fingerprint density at radius 3 is 2.47 bits per heavy atom. The van der Waals surface area contributed by atoms with Crippen LogP contribution in [0.15, 0.2) is 0 Å². The highest BCUT2D eigenvalue weighted by Gasteiger charge is 2.35. The van der Waals surface area contributed by atoms with Gasteiger partial charge in [0.05, 0.1) is 0 Å². The number of fused-ring (bicyclic) bond motifs is 1. The van der Waals surface area contributed by atoms with Gasteiger partial charge in [0.2, 0.25) is 0 Å². The summed E-state index contributed by atoms with van der Waals surface area (Å²) in [6.45, 7) is 5.03. The second-order valence-corrected chi connectivity index (χ2v) is 7.23. The summed E-state index contributed by atoms with van der Waals surface area (Å²) in [6.07, 6.45) is 14.6. The van der Waals surface area contributed by atoms with Crippen molar-refractivity contribution in [2.24, 2.45) is 5.92 Å². The number of hydrogen-bond acceptors (Lipinski definition) is 2. The summed E-state index contributed by atoms with van der Waals surface area (Å²) in [5.74, 6) is 1.02. The van der Waals surface area contributed by atoms with Crippen LogP contribution in [0.1, 0.15) is 71.1 Å². The molecule has 3 atom stereocenters. The predicted molar refractivity (Wildman–Crippen MR) is 81.4 cm³/mol. The number of hydrogen-bond donors (Lipinski definition) is 1. The molecular weight excluding hydrogens is 232 g/mol. The molecule has 2 saturated carbocycles. The maximum Gasteiger partial charge on any atom is 0.0195 e. The standard InChI is InChI=1S/C17H32N2/c1-14(13-18-16-9-3-4-10-16)19-12-6-8-15-7-2-5-11-17(15)19/h14-18H,2-13H2,1H3/t14?,15-,17-/m1/s1. The molecule has 1 heterocycles. The first-order chi connectivity index (χ1) is 9.34. The van der Waals surface area contributed by atoms with E-state index in [0.717, 1.165) is 24.0 Å². The van der Waals surface area contributed by atoms with Crippen molar-refractivity contribution in [1.82, 2.24) is 10.2 Å². The lowest BCUT2D eigenvalue weighted by atomic mass is 9.78. The van der Waals surface area contributed by atoms with Crippen LogP contribution in [0.25, 0.3) is 0 Å². The minimum Gasteiger partial charge on any atom is -0.312 e. The van der Waals surface area contributed by atoms with Gasteiger partial charge in [-0.2, -0.15) is 0 Å². The molecule has 110 valence electrons. The van der Waals surface area contributed by atoms with E-state index in [1.807, 2.05) is 0 Å².